The number of nitrogen functional groups attached to an aromatic ring is 1. The molecule has 0 bridgehead atoms. The van der Waals surface area contributed by atoms with Crippen LogP contribution in [0.2, 0.25) is 5.02 Å². The predicted octanol–water partition coefficient (Wildman–Crippen LogP) is 2.77. The Morgan fingerprint density at radius 3 is 2.79 bits per heavy atom. The van der Waals surface area contributed by atoms with E-state index >= 15 is 0 Å². The number of hydrogen-bond acceptors (Lipinski definition) is 2. The van der Waals surface area contributed by atoms with E-state index in [1.165, 1.54) is 6.42 Å². The van der Waals surface area contributed by atoms with Crippen molar-refractivity contribution in [2.24, 2.45) is 5.92 Å². The van der Waals surface area contributed by atoms with Gasteiger partial charge in [0.15, 0.2) is 0 Å². The highest BCUT2D eigenvalue weighted by atomic mass is 35.5. The van der Waals surface area contributed by atoms with Crippen molar-refractivity contribution < 1.29 is 0 Å². The third-order valence-electron chi connectivity index (χ3n) is 2.86. The van der Waals surface area contributed by atoms with Crippen molar-refractivity contribution in [1.82, 2.24) is 0 Å². The van der Waals surface area contributed by atoms with Gasteiger partial charge in [0.05, 0.1) is 11.4 Å². The Kier molecular flexibility index (Phi) is 2.55. The standard InChI is InChI=1S/C11H15ClN2/c1-2-8-6-14(7-8)11-4-3-9(12)5-10(11)13/h3-5,8H,2,6-7,13H2,1H3. The highest BCUT2D eigenvalue weighted by molar-refractivity contribution is 6.31. The molecular weight excluding hydrogens is 196 g/mol. The zero-order valence-electron chi connectivity index (χ0n) is 8.33. The summed E-state index contributed by atoms with van der Waals surface area (Å²) in [6, 6.07) is 5.71. The lowest BCUT2D eigenvalue weighted by molar-refractivity contribution is 0.399. The van der Waals surface area contributed by atoms with Crippen LogP contribution in [0.4, 0.5) is 11.4 Å². The number of benzene rings is 1. The molecule has 0 spiro atoms. The second kappa shape index (κ2) is 3.70. The monoisotopic (exact) mass is 210 g/mol. The van der Waals surface area contributed by atoms with Crippen LogP contribution < -0.4 is 10.6 Å². The zero-order valence-corrected chi connectivity index (χ0v) is 9.09. The molecule has 1 aliphatic rings. The molecule has 0 aromatic heterocycles. The number of rotatable bonds is 2. The Labute approximate surface area is 89.7 Å². The molecule has 1 fully saturated rings. The summed E-state index contributed by atoms with van der Waals surface area (Å²) in [6.45, 7) is 4.48. The lowest BCUT2D eigenvalue weighted by atomic mass is 9.96. The SMILES string of the molecule is CCC1CN(c2ccc(Cl)cc2N)C1. The summed E-state index contributed by atoms with van der Waals surface area (Å²) in [4.78, 5) is 2.31. The van der Waals surface area contributed by atoms with E-state index < -0.39 is 0 Å². The van der Waals surface area contributed by atoms with Gasteiger partial charge in [-0.2, -0.15) is 0 Å². The summed E-state index contributed by atoms with van der Waals surface area (Å²) in [5.41, 5.74) is 7.80. The van der Waals surface area contributed by atoms with Gasteiger partial charge in [-0.1, -0.05) is 18.5 Å². The summed E-state index contributed by atoms with van der Waals surface area (Å²) < 4.78 is 0. The first kappa shape index (κ1) is 9.66. The largest absolute Gasteiger partial charge is 0.397 e. The van der Waals surface area contributed by atoms with E-state index in [1.54, 1.807) is 0 Å². The van der Waals surface area contributed by atoms with Crippen LogP contribution in [-0.4, -0.2) is 13.1 Å². The molecule has 0 aliphatic carbocycles. The fourth-order valence-corrected chi connectivity index (χ4v) is 2.02. The first-order valence-electron chi connectivity index (χ1n) is 5.00. The van der Waals surface area contributed by atoms with Crippen molar-refractivity contribution in [3.63, 3.8) is 0 Å². The van der Waals surface area contributed by atoms with Crippen LogP contribution in [0.3, 0.4) is 0 Å². The summed E-state index contributed by atoms with van der Waals surface area (Å²) in [5.74, 6) is 0.838. The van der Waals surface area contributed by atoms with Crippen molar-refractivity contribution in [3.05, 3.63) is 23.2 Å². The fraction of sp³-hybridized carbons (Fsp3) is 0.455. The van der Waals surface area contributed by atoms with Gasteiger partial charge in [0.25, 0.3) is 0 Å². The highest BCUT2D eigenvalue weighted by Crippen LogP contribution is 2.32. The lowest BCUT2D eigenvalue weighted by Crippen LogP contribution is -2.46. The van der Waals surface area contributed by atoms with Crippen LogP contribution in [0.25, 0.3) is 0 Å². The number of halogens is 1. The smallest absolute Gasteiger partial charge is 0.0601 e. The normalized spacial score (nSPS) is 16.9. The zero-order chi connectivity index (χ0) is 10.1. The Bertz CT molecular complexity index is 332. The molecule has 0 unspecified atom stereocenters. The van der Waals surface area contributed by atoms with Gasteiger partial charge in [0, 0.05) is 18.1 Å². The second-order valence-corrected chi connectivity index (χ2v) is 4.32. The van der Waals surface area contributed by atoms with E-state index in [0.717, 1.165) is 30.4 Å². The molecule has 76 valence electrons. The van der Waals surface area contributed by atoms with E-state index in [2.05, 4.69) is 11.8 Å². The van der Waals surface area contributed by atoms with Crippen LogP contribution in [0.1, 0.15) is 13.3 Å². The molecule has 2 nitrogen and oxygen atoms in total. The molecule has 0 atom stereocenters. The van der Waals surface area contributed by atoms with Crippen molar-refractivity contribution in [2.45, 2.75) is 13.3 Å². The van der Waals surface area contributed by atoms with Crippen molar-refractivity contribution in [2.75, 3.05) is 23.7 Å². The molecule has 2 N–H and O–H groups in total. The molecule has 1 saturated heterocycles. The van der Waals surface area contributed by atoms with E-state index in [9.17, 15) is 0 Å². The molecule has 1 aromatic carbocycles. The average molecular weight is 211 g/mol. The molecular formula is C11H15ClN2. The Balaban J connectivity index is 2.11. The molecule has 0 amide bonds. The van der Waals surface area contributed by atoms with E-state index in [1.807, 2.05) is 18.2 Å². The minimum Gasteiger partial charge on any atom is -0.397 e. The van der Waals surface area contributed by atoms with Gasteiger partial charge in [-0.05, 0) is 30.5 Å². The molecule has 1 heterocycles. The maximum Gasteiger partial charge on any atom is 0.0601 e. The average Bonchev–Trinajstić information content (AvgIpc) is 2.06. The van der Waals surface area contributed by atoms with Crippen LogP contribution in [-0.2, 0) is 0 Å². The molecule has 1 aromatic rings. The summed E-state index contributed by atoms with van der Waals surface area (Å²) >= 11 is 5.84. The second-order valence-electron chi connectivity index (χ2n) is 3.88. The minimum absolute atomic E-state index is 0.707. The van der Waals surface area contributed by atoms with Gasteiger partial charge >= 0.3 is 0 Å². The van der Waals surface area contributed by atoms with Crippen LogP contribution in [0.5, 0.6) is 0 Å². The molecule has 2 rings (SSSR count). The summed E-state index contributed by atoms with van der Waals surface area (Å²) in [7, 11) is 0. The van der Waals surface area contributed by atoms with E-state index in [4.69, 9.17) is 17.3 Å². The first-order valence-corrected chi connectivity index (χ1v) is 5.38. The Morgan fingerprint density at radius 1 is 1.50 bits per heavy atom. The van der Waals surface area contributed by atoms with Gasteiger partial charge in [0.2, 0.25) is 0 Å². The van der Waals surface area contributed by atoms with Gasteiger partial charge in [-0.25, -0.2) is 0 Å². The Morgan fingerprint density at radius 2 is 2.21 bits per heavy atom. The van der Waals surface area contributed by atoms with Crippen molar-refractivity contribution in [3.8, 4) is 0 Å². The molecule has 1 aliphatic heterocycles. The maximum atomic E-state index is 5.89. The van der Waals surface area contributed by atoms with Gasteiger partial charge in [0.1, 0.15) is 0 Å². The maximum absolute atomic E-state index is 5.89. The molecule has 0 radical (unpaired) electrons. The number of nitrogens with two attached hydrogens (primary N) is 1. The van der Waals surface area contributed by atoms with Crippen LogP contribution in [0.15, 0.2) is 18.2 Å². The topological polar surface area (TPSA) is 29.3 Å². The third-order valence-corrected chi connectivity index (χ3v) is 3.10. The van der Waals surface area contributed by atoms with Crippen molar-refractivity contribution >= 4 is 23.0 Å². The van der Waals surface area contributed by atoms with Crippen LogP contribution >= 0.6 is 11.6 Å². The third kappa shape index (κ3) is 1.67. The number of hydrogen-bond donors (Lipinski definition) is 1. The molecule has 14 heavy (non-hydrogen) atoms. The van der Waals surface area contributed by atoms with Crippen molar-refractivity contribution in [1.29, 1.82) is 0 Å². The Hall–Kier alpha value is -0.890. The van der Waals surface area contributed by atoms with Crippen LogP contribution in [0, 0.1) is 5.92 Å². The minimum atomic E-state index is 0.707. The number of nitrogens with zero attached hydrogens (tertiary/aromatic N) is 1. The fourth-order valence-electron chi connectivity index (χ4n) is 1.84. The molecule has 3 heteroatoms. The predicted molar refractivity (Wildman–Crippen MR) is 61.9 cm³/mol. The summed E-state index contributed by atoms with van der Waals surface area (Å²) in [5, 5.41) is 0.707. The highest BCUT2D eigenvalue weighted by Gasteiger charge is 2.26. The summed E-state index contributed by atoms with van der Waals surface area (Å²) in [6.07, 6.45) is 1.25. The van der Waals surface area contributed by atoms with E-state index in [0.29, 0.717) is 5.02 Å². The molecule has 0 saturated carbocycles. The van der Waals surface area contributed by atoms with Gasteiger partial charge in [-0.3, -0.25) is 0 Å². The van der Waals surface area contributed by atoms with E-state index in [-0.39, 0.29) is 0 Å². The van der Waals surface area contributed by atoms with Gasteiger partial charge < -0.3 is 10.6 Å². The lowest BCUT2D eigenvalue weighted by Gasteiger charge is -2.41. The quantitative estimate of drug-likeness (QED) is 0.761. The number of anilines is 2. The van der Waals surface area contributed by atoms with Gasteiger partial charge in [-0.15, -0.1) is 0 Å². The first-order chi connectivity index (χ1) is 6.70.